The smallest absolute Gasteiger partial charge is 0.252 e. The van der Waals surface area contributed by atoms with Gasteiger partial charge in [-0.3, -0.25) is 14.4 Å². The van der Waals surface area contributed by atoms with Crippen LogP contribution in [0.5, 0.6) is 5.75 Å². The summed E-state index contributed by atoms with van der Waals surface area (Å²) in [6.45, 7) is 6.72. The normalized spacial score (nSPS) is 22.5. The van der Waals surface area contributed by atoms with E-state index >= 15 is 0 Å². The van der Waals surface area contributed by atoms with Crippen molar-refractivity contribution in [3.05, 3.63) is 29.3 Å². The van der Waals surface area contributed by atoms with E-state index in [2.05, 4.69) is 10.6 Å². The molecule has 0 aromatic heterocycles. The number of nitrogens with one attached hydrogen (secondary N) is 2. The number of hydrogen-bond acceptors (Lipinski definition) is 7. The summed E-state index contributed by atoms with van der Waals surface area (Å²) in [6.07, 6.45) is 0.990. The molecule has 0 radical (unpaired) electrons. The van der Waals surface area contributed by atoms with Crippen molar-refractivity contribution >= 4 is 17.6 Å². The second kappa shape index (κ2) is 9.17. The van der Waals surface area contributed by atoms with E-state index in [-0.39, 0.29) is 18.1 Å². The van der Waals surface area contributed by atoms with E-state index in [1.807, 2.05) is 27.7 Å². The molecule has 2 aliphatic heterocycles. The molecule has 3 atom stereocenters. The highest BCUT2D eigenvalue weighted by Crippen LogP contribution is 2.35. The first-order chi connectivity index (χ1) is 15.0. The van der Waals surface area contributed by atoms with Crippen molar-refractivity contribution < 1.29 is 34.1 Å². The van der Waals surface area contributed by atoms with Crippen LogP contribution in [-0.4, -0.2) is 70.9 Å². The Morgan fingerprint density at radius 1 is 1.12 bits per heavy atom. The zero-order chi connectivity index (χ0) is 23.7. The van der Waals surface area contributed by atoms with Crippen molar-refractivity contribution in [1.82, 2.24) is 10.6 Å². The van der Waals surface area contributed by atoms with Gasteiger partial charge in [0.1, 0.15) is 17.4 Å². The lowest BCUT2D eigenvalue weighted by molar-refractivity contribution is -0.133. The van der Waals surface area contributed by atoms with Crippen LogP contribution in [0.4, 0.5) is 0 Å². The SMILES string of the molecule is CC(C)CC(NC(=O)[C@H](CO)NC(=O)c1ccc2c(c1)CC(C)(C)O2)C(=O)[C@@]1(CO)CO1. The first-order valence-electron chi connectivity index (χ1n) is 10.8. The largest absolute Gasteiger partial charge is 0.487 e. The summed E-state index contributed by atoms with van der Waals surface area (Å²) in [5.41, 5.74) is -0.378. The molecule has 1 fully saturated rings. The molecule has 0 bridgehead atoms. The van der Waals surface area contributed by atoms with Gasteiger partial charge < -0.3 is 30.3 Å². The van der Waals surface area contributed by atoms with Gasteiger partial charge in [0.25, 0.3) is 5.91 Å². The molecule has 2 heterocycles. The summed E-state index contributed by atoms with van der Waals surface area (Å²) in [4.78, 5) is 38.3. The lowest BCUT2D eigenvalue weighted by Gasteiger charge is -2.24. The molecule has 9 nitrogen and oxygen atoms in total. The third-order valence-electron chi connectivity index (χ3n) is 5.67. The van der Waals surface area contributed by atoms with Crippen molar-refractivity contribution in [3.63, 3.8) is 0 Å². The number of hydrogen-bond donors (Lipinski definition) is 4. The number of rotatable bonds is 10. The molecule has 32 heavy (non-hydrogen) atoms. The Hall–Kier alpha value is -2.49. The number of epoxide rings is 1. The fourth-order valence-corrected chi connectivity index (χ4v) is 3.88. The molecular formula is C23H32N2O7. The second-order valence-electron chi connectivity index (χ2n) is 9.57. The number of aliphatic hydroxyl groups excluding tert-OH is 2. The van der Waals surface area contributed by atoms with Gasteiger partial charge in [0, 0.05) is 12.0 Å². The number of aliphatic hydroxyl groups is 2. The van der Waals surface area contributed by atoms with Gasteiger partial charge >= 0.3 is 0 Å². The monoisotopic (exact) mass is 448 g/mol. The van der Waals surface area contributed by atoms with Gasteiger partial charge in [0.2, 0.25) is 5.91 Å². The Morgan fingerprint density at radius 3 is 2.38 bits per heavy atom. The van der Waals surface area contributed by atoms with Gasteiger partial charge in [-0.25, -0.2) is 0 Å². The van der Waals surface area contributed by atoms with Crippen molar-refractivity contribution in [2.45, 2.75) is 63.8 Å². The van der Waals surface area contributed by atoms with E-state index in [0.717, 1.165) is 11.3 Å². The maximum absolute atomic E-state index is 12.8. The van der Waals surface area contributed by atoms with Crippen molar-refractivity contribution in [2.24, 2.45) is 5.92 Å². The topological polar surface area (TPSA) is 137 Å². The first kappa shape index (κ1) is 24.2. The lowest BCUT2D eigenvalue weighted by Crippen LogP contribution is -2.55. The lowest BCUT2D eigenvalue weighted by atomic mass is 9.92. The van der Waals surface area contributed by atoms with Gasteiger partial charge in [-0.2, -0.15) is 0 Å². The molecule has 1 unspecified atom stereocenters. The van der Waals surface area contributed by atoms with E-state index in [4.69, 9.17) is 9.47 Å². The maximum atomic E-state index is 12.8. The zero-order valence-corrected chi connectivity index (χ0v) is 18.9. The molecule has 9 heteroatoms. The highest BCUT2D eigenvalue weighted by molar-refractivity contribution is 6.00. The predicted molar refractivity (Wildman–Crippen MR) is 115 cm³/mol. The Bertz CT molecular complexity index is 892. The average Bonchev–Trinajstić information content (AvgIpc) is 3.46. The molecule has 0 saturated carbocycles. The molecule has 1 aromatic carbocycles. The van der Waals surface area contributed by atoms with Crippen LogP contribution in [0.2, 0.25) is 0 Å². The summed E-state index contributed by atoms with van der Waals surface area (Å²) < 4.78 is 10.9. The fourth-order valence-electron chi connectivity index (χ4n) is 3.88. The Balaban J connectivity index is 1.67. The van der Waals surface area contributed by atoms with Crippen molar-refractivity contribution in [1.29, 1.82) is 0 Å². The molecule has 176 valence electrons. The van der Waals surface area contributed by atoms with Gasteiger partial charge in [0.05, 0.1) is 25.9 Å². The number of amides is 2. The van der Waals surface area contributed by atoms with E-state index in [9.17, 15) is 24.6 Å². The third-order valence-corrected chi connectivity index (χ3v) is 5.67. The minimum Gasteiger partial charge on any atom is -0.487 e. The van der Waals surface area contributed by atoms with E-state index in [1.54, 1.807) is 18.2 Å². The first-order valence-corrected chi connectivity index (χ1v) is 10.8. The number of benzene rings is 1. The summed E-state index contributed by atoms with van der Waals surface area (Å²) in [6, 6.07) is 2.89. The number of ether oxygens (including phenoxy) is 2. The summed E-state index contributed by atoms with van der Waals surface area (Å²) in [7, 11) is 0. The highest BCUT2D eigenvalue weighted by atomic mass is 16.6. The Labute approximate surface area is 187 Å². The van der Waals surface area contributed by atoms with E-state index in [0.29, 0.717) is 18.4 Å². The van der Waals surface area contributed by atoms with E-state index < -0.39 is 48.5 Å². The molecule has 1 saturated heterocycles. The highest BCUT2D eigenvalue weighted by Gasteiger charge is 2.54. The van der Waals surface area contributed by atoms with Crippen LogP contribution in [-0.2, 0) is 20.7 Å². The summed E-state index contributed by atoms with van der Waals surface area (Å²) in [5, 5.41) is 24.3. The van der Waals surface area contributed by atoms with Crippen LogP contribution in [0.25, 0.3) is 0 Å². The molecule has 4 N–H and O–H groups in total. The van der Waals surface area contributed by atoms with Gasteiger partial charge in [-0.1, -0.05) is 13.8 Å². The summed E-state index contributed by atoms with van der Waals surface area (Å²) >= 11 is 0. The zero-order valence-electron chi connectivity index (χ0n) is 18.9. The Morgan fingerprint density at radius 2 is 1.81 bits per heavy atom. The fraction of sp³-hybridized carbons (Fsp3) is 0.609. The number of Topliss-reactive ketones (excluding diaryl/α,β-unsaturated/α-hetero) is 1. The molecule has 3 rings (SSSR count). The minimum absolute atomic E-state index is 0.0822. The second-order valence-corrected chi connectivity index (χ2v) is 9.57. The van der Waals surface area contributed by atoms with E-state index in [1.165, 1.54) is 0 Å². The number of carbonyl (C=O) groups excluding carboxylic acids is 3. The molecule has 0 spiro atoms. The molecule has 2 amide bonds. The van der Waals surface area contributed by atoms with Gasteiger partial charge in [-0.05, 0) is 49.9 Å². The number of ketones is 1. The Kier molecular flexibility index (Phi) is 6.92. The van der Waals surface area contributed by atoms with Crippen LogP contribution >= 0.6 is 0 Å². The maximum Gasteiger partial charge on any atom is 0.252 e. The molecule has 0 aliphatic carbocycles. The quantitative estimate of drug-likeness (QED) is 0.379. The standard InChI is InChI=1S/C23H32N2O7/c1-13(2)7-16(19(28)23(11-27)12-31-23)24-21(30)17(10-26)25-20(29)14-5-6-18-15(8-14)9-22(3,4)32-18/h5-6,8,13,16-17,26-27H,7,9-12H2,1-4H3,(H,24,30)(H,25,29)/t16?,17-,23+/m0/s1. The van der Waals surface area contributed by atoms with Crippen LogP contribution < -0.4 is 15.4 Å². The number of carbonyl (C=O) groups is 3. The van der Waals surface area contributed by atoms with Crippen LogP contribution in [0.1, 0.15) is 50.0 Å². The van der Waals surface area contributed by atoms with Crippen LogP contribution in [0, 0.1) is 5.92 Å². The van der Waals surface area contributed by atoms with Crippen LogP contribution in [0.15, 0.2) is 18.2 Å². The molecule has 1 aromatic rings. The van der Waals surface area contributed by atoms with Gasteiger partial charge in [0.15, 0.2) is 11.4 Å². The van der Waals surface area contributed by atoms with Crippen molar-refractivity contribution in [3.8, 4) is 5.75 Å². The molecular weight excluding hydrogens is 416 g/mol. The number of fused-ring (bicyclic) bond motifs is 1. The van der Waals surface area contributed by atoms with Crippen LogP contribution in [0.3, 0.4) is 0 Å². The average molecular weight is 449 g/mol. The summed E-state index contributed by atoms with van der Waals surface area (Å²) in [5.74, 6) is -0.807. The molecule has 2 aliphatic rings. The van der Waals surface area contributed by atoms with Gasteiger partial charge in [-0.15, -0.1) is 0 Å². The minimum atomic E-state index is -1.27. The predicted octanol–water partition coefficient (Wildman–Crippen LogP) is 0.352. The van der Waals surface area contributed by atoms with Crippen molar-refractivity contribution in [2.75, 3.05) is 19.8 Å². The third kappa shape index (κ3) is 5.28.